The average molecular weight is 485 g/mol. The van der Waals surface area contributed by atoms with Crippen LogP contribution in [0.3, 0.4) is 0 Å². The van der Waals surface area contributed by atoms with Crippen molar-refractivity contribution < 1.29 is 36.9 Å². The number of nitrogens with zero attached hydrogens (tertiary/aromatic N) is 2. The molecule has 4 rings (SSSR count). The zero-order valence-electron chi connectivity index (χ0n) is 16.3. The predicted octanol–water partition coefficient (Wildman–Crippen LogP) is 5.04. The molecule has 1 unspecified atom stereocenters. The summed E-state index contributed by atoms with van der Waals surface area (Å²) in [5.74, 6) is -2.30. The third-order valence-electron chi connectivity index (χ3n) is 4.43. The quantitative estimate of drug-likeness (QED) is 0.418. The fraction of sp³-hybridized carbons (Fsp3) is 0.150. The Labute approximate surface area is 188 Å². The van der Waals surface area contributed by atoms with Gasteiger partial charge in [-0.05, 0) is 36.4 Å². The van der Waals surface area contributed by atoms with Gasteiger partial charge in [-0.1, -0.05) is 11.6 Å². The van der Waals surface area contributed by atoms with E-state index in [1.807, 2.05) is 0 Å². The largest absolute Gasteiger partial charge is 0.573 e. The lowest BCUT2D eigenvalue weighted by molar-refractivity contribution is -0.274. The average Bonchev–Trinajstić information content (AvgIpc) is 3.15. The van der Waals surface area contributed by atoms with Crippen molar-refractivity contribution in [2.75, 3.05) is 10.6 Å². The number of halogens is 5. The minimum Gasteiger partial charge on any atom is -0.478 e. The van der Waals surface area contributed by atoms with Gasteiger partial charge in [-0.2, -0.15) is 4.98 Å². The maximum atomic E-state index is 14.2. The monoisotopic (exact) mass is 484 g/mol. The number of aromatic nitrogens is 2. The minimum atomic E-state index is -4.91. The number of carboxylic acid groups (broad SMARTS) is 1. The van der Waals surface area contributed by atoms with Crippen LogP contribution < -0.4 is 20.1 Å². The van der Waals surface area contributed by atoms with E-state index in [-0.39, 0.29) is 28.9 Å². The highest BCUT2D eigenvalue weighted by Crippen LogP contribution is 2.34. The van der Waals surface area contributed by atoms with Crippen LogP contribution >= 0.6 is 11.6 Å². The number of carboxylic acids is 1. The van der Waals surface area contributed by atoms with Crippen molar-refractivity contribution in [3.8, 4) is 11.5 Å². The van der Waals surface area contributed by atoms with E-state index in [1.54, 1.807) is 18.2 Å². The number of carbonyl (C=O) groups is 1. The smallest absolute Gasteiger partial charge is 0.478 e. The third-order valence-corrected chi connectivity index (χ3v) is 4.73. The van der Waals surface area contributed by atoms with Gasteiger partial charge in [0.25, 0.3) is 0 Å². The first-order chi connectivity index (χ1) is 15.6. The zero-order valence-corrected chi connectivity index (χ0v) is 17.0. The van der Waals surface area contributed by atoms with Crippen molar-refractivity contribution in [1.82, 2.24) is 9.97 Å². The molecule has 1 aliphatic rings. The summed E-state index contributed by atoms with van der Waals surface area (Å²) in [4.78, 5) is 19.0. The van der Waals surface area contributed by atoms with Gasteiger partial charge in [0, 0.05) is 23.4 Å². The SMILES string of the molecule is O=C(O)C1Cc2cc(Nc3ncc(F)c(Nc4ccc(OC(F)(F)F)c(Cl)c4)n3)ccc2O1. The molecule has 0 fully saturated rings. The lowest BCUT2D eigenvalue weighted by Gasteiger charge is -2.13. The van der Waals surface area contributed by atoms with Crippen LogP contribution in [0.2, 0.25) is 5.02 Å². The van der Waals surface area contributed by atoms with Gasteiger partial charge in [-0.25, -0.2) is 14.2 Å². The number of anilines is 4. The second-order valence-corrected chi connectivity index (χ2v) is 7.21. The minimum absolute atomic E-state index is 0.00988. The summed E-state index contributed by atoms with van der Waals surface area (Å²) in [7, 11) is 0. The first kappa shape index (κ1) is 22.4. The Kier molecular flexibility index (Phi) is 5.85. The van der Waals surface area contributed by atoms with Gasteiger partial charge >= 0.3 is 12.3 Å². The van der Waals surface area contributed by atoms with Gasteiger partial charge in [0.1, 0.15) is 11.5 Å². The summed E-state index contributed by atoms with van der Waals surface area (Å²) in [5, 5.41) is 14.2. The number of aliphatic carboxylic acids is 1. The summed E-state index contributed by atoms with van der Waals surface area (Å²) in [6.07, 6.45) is -4.78. The molecule has 2 heterocycles. The molecule has 1 aromatic heterocycles. The van der Waals surface area contributed by atoms with E-state index in [4.69, 9.17) is 21.4 Å². The van der Waals surface area contributed by atoms with Gasteiger partial charge in [-0.3, -0.25) is 0 Å². The molecule has 0 aliphatic carbocycles. The fourth-order valence-electron chi connectivity index (χ4n) is 3.03. The zero-order chi connectivity index (χ0) is 23.8. The van der Waals surface area contributed by atoms with E-state index in [2.05, 4.69) is 25.3 Å². The number of nitrogens with one attached hydrogen (secondary N) is 2. The lowest BCUT2D eigenvalue weighted by Crippen LogP contribution is -2.24. The maximum Gasteiger partial charge on any atom is 0.573 e. The predicted molar refractivity (Wildman–Crippen MR) is 109 cm³/mol. The molecule has 0 saturated carbocycles. The topological polar surface area (TPSA) is 106 Å². The molecule has 3 N–H and O–H groups in total. The Bertz CT molecular complexity index is 1230. The van der Waals surface area contributed by atoms with Crippen molar-refractivity contribution in [3.05, 3.63) is 59.0 Å². The highest BCUT2D eigenvalue weighted by molar-refractivity contribution is 6.32. The molecule has 2 aromatic carbocycles. The van der Waals surface area contributed by atoms with Crippen LogP contribution in [0.1, 0.15) is 5.56 Å². The summed E-state index contributed by atoms with van der Waals surface area (Å²) in [6.45, 7) is 0. The highest BCUT2D eigenvalue weighted by Gasteiger charge is 2.32. The number of rotatable bonds is 6. The molecule has 13 heteroatoms. The Morgan fingerprint density at radius 2 is 1.91 bits per heavy atom. The summed E-state index contributed by atoms with van der Waals surface area (Å²) >= 11 is 5.81. The number of fused-ring (bicyclic) bond motifs is 1. The van der Waals surface area contributed by atoms with Gasteiger partial charge in [-0.15, -0.1) is 13.2 Å². The number of hydrogen-bond donors (Lipinski definition) is 3. The molecule has 8 nitrogen and oxygen atoms in total. The summed E-state index contributed by atoms with van der Waals surface area (Å²) < 4.78 is 60.4. The second-order valence-electron chi connectivity index (χ2n) is 6.80. The van der Waals surface area contributed by atoms with Crippen LogP contribution in [0.15, 0.2) is 42.6 Å². The van der Waals surface area contributed by atoms with Gasteiger partial charge in [0.15, 0.2) is 17.7 Å². The van der Waals surface area contributed by atoms with Gasteiger partial charge in [0.05, 0.1) is 11.2 Å². The molecule has 0 radical (unpaired) electrons. The van der Waals surface area contributed by atoms with Crippen LogP contribution in [-0.4, -0.2) is 33.5 Å². The van der Waals surface area contributed by atoms with Crippen LogP contribution in [0.5, 0.6) is 11.5 Å². The number of alkyl halides is 3. The second kappa shape index (κ2) is 8.62. The third kappa shape index (κ3) is 5.34. The molecule has 3 aromatic rings. The van der Waals surface area contributed by atoms with Crippen molar-refractivity contribution in [3.63, 3.8) is 0 Å². The van der Waals surface area contributed by atoms with Crippen LogP contribution in [0.4, 0.5) is 40.7 Å². The number of ether oxygens (including phenoxy) is 2. The van der Waals surface area contributed by atoms with E-state index in [0.29, 0.717) is 17.0 Å². The molecule has 0 bridgehead atoms. The molecule has 172 valence electrons. The van der Waals surface area contributed by atoms with E-state index < -0.39 is 30.0 Å². The van der Waals surface area contributed by atoms with E-state index in [0.717, 1.165) is 18.3 Å². The normalized spacial score (nSPS) is 14.9. The molecular formula is C20H13ClF4N4O4. The van der Waals surface area contributed by atoms with E-state index in [9.17, 15) is 22.4 Å². The number of benzene rings is 2. The molecular weight excluding hydrogens is 472 g/mol. The van der Waals surface area contributed by atoms with Crippen LogP contribution in [0, 0.1) is 5.82 Å². The van der Waals surface area contributed by atoms with Gasteiger partial charge in [0.2, 0.25) is 5.95 Å². The van der Waals surface area contributed by atoms with Crippen LogP contribution in [-0.2, 0) is 11.2 Å². The Balaban J connectivity index is 1.50. The van der Waals surface area contributed by atoms with Crippen LogP contribution in [0.25, 0.3) is 0 Å². The maximum absolute atomic E-state index is 14.2. The summed E-state index contributed by atoms with van der Waals surface area (Å²) in [5.41, 5.74) is 1.34. The molecule has 0 saturated heterocycles. The molecule has 0 amide bonds. The van der Waals surface area contributed by atoms with E-state index >= 15 is 0 Å². The Morgan fingerprint density at radius 3 is 2.61 bits per heavy atom. The molecule has 1 atom stereocenters. The molecule has 0 spiro atoms. The van der Waals surface area contributed by atoms with Gasteiger partial charge < -0.3 is 25.2 Å². The van der Waals surface area contributed by atoms with E-state index in [1.165, 1.54) is 6.07 Å². The number of hydrogen-bond acceptors (Lipinski definition) is 7. The standard InChI is InChI=1S/C20H13ClF4N4O4/c21-12-7-11(2-4-15(12)33-20(23,24)25)27-17-13(22)8-26-19(29-17)28-10-1-3-14-9(5-10)6-16(32-14)18(30)31/h1-5,7-8,16H,6H2,(H,30,31)(H2,26,27,28,29). The highest BCUT2D eigenvalue weighted by atomic mass is 35.5. The first-order valence-electron chi connectivity index (χ1n) is 9.21. The Morgan fingerprint density at radius 1 is 1.18 bits per heavy atom. The van der Waals surface area contributed by atoms with Crippen molar-refractivity contribution in [1.29, 1.82) is 0 Å². The molecule has 33 heavy (non-hydrogen) atoms. The van der Waals surface area contributed by atoms with Crippen molar-refractivity contribution in [2.45, 2.75) is 18.9 Å². The Hall–Kier alpha value is -3.80. The van der Waals surface area contributed by atoms with Crippen molar-refractivity contribution in [2.24, 2.45) is 0 Å². The first-order valence-corrected chi connectivity index (χ1v) is 9.59. The summed E-state index contributed by atoms with van der Waals surface area (Å²) in [6, 6.07) is 8.18. The van der Waals surface area contributed by atoms with Crippen molar-refractivity contribution >= 4 is 40.7 Å². The lowest BCUT2D eigenvalue weighted by atomic mass is 10.1. The fourth-order valence-corrected chi connectivity index (χ4v) is 3.25. The molecule has 1 aliphatic heterocycles.